The Morgan fingerprint density at radius 2 is 1.73 bits per heavy atom. The van der Waals surface area contributed by atoms with Crippen LogP contribution in [0.1, 0.15) is 56.4 Å². The number of nitrogens with zero attached hydrogens (tertiary/aromatic N) is 1. The molecule has 0 saturated carbocycles. The first-order valence-electron chi connectivity index (χ1n) is 12.2. The molecule has 33 heavy (non-hydrogen) atoms. The van der Waals surface area contributed by atoms with Crippen LogP contribution in [0.25, 0.3) is 0 Å². The first kappa shape index (κ1) is 23.6. The number of aliphatic hydroxyl groups excluding tert-OH is 1. The van der Waals surface area contributed by atoms with Gasteiger partial charge in [0, 0.05) is 6.42 Å². The zero-order valence-corrected chi connectivity index (χ0v) is 19.7. The highest BCUT2D eigenvalue weighted by atomic mass is 16.5. The summed E-state index contributed by atoms with van der Waals surface area (Å²) in [5.41, 5.74) is 2.01. The van der Waals surface area contributed by atoms with Gasteiger partial charge in [-0.3, -0.25) is 9.69 Å². The Morgan fingerprint density at radius 3 is 2.42 bits per heavy atom. The number of hydrogen-bond acceptors (Lipinski definition) is 5. The summed E-state index contributed by atoms with van der Waals surface area (Å²) in [4.78, 5) is 15.1. The molecule has 1 saturated heterocycles. The van der Waals surface area contributed by atoms with E-state index in [1.165, 1.54) is 0 Å². The van der Waals surface area contributed by atoms with Gasteiger partial charge in [-0.05, 0) is 61.0 Å². The number of piperidine rings is 1. The summed E-state index contributed by atoms with van der Waals surface area (Å²) in [6.45, 7) is 7.55. The quantitative estimate of drug-likeness (QED) is 0.662. The smallest absolute Gasteiger partial charge is 0.234 e. The molecule has 0 aliphatic carbocycles. The van der Waals surface area contributed by atoms with Crippen LogP contribution in [-0.2, 0) is 4.79 Å². The molecule has 2 aromatic carbocycles. The molecule has 1 amide bonds. The molecule has 2 unspecified atom stereocenters. The number of likely N-dealkylation sites (tertiary alicyclic amines) is 1. The van der Waals surface area contributed by atoms with Crippen LogP contribution in [0.2, 0.25) is 0 Å². The predicted octanol–water partition coefficient (Wildman–Crippen LogP) is 4.11. The minimum absolute atomic E-state index is 0.0304. The summed E-state index contributed by atoms with van der Waals surface area (Å²) < 4.78 is 11.6. The third-order valence-electron chi connectivity index (χ3n) is 6.70. The predicted molar refractivity (Wildman–Crippen MR) is 128 cm³/mol. The average Bonchev–Trinajstić information content (AvgIpc) is 3.08. The molecule has 0 aromatic heterocycles. The summed E-state index contributed by atoms with van der Waals surface area (Å²) in [5, 5.41) is 13.9. The number of aliphatic hydroxyl groups is 1. The number of fused-ring (bicyclic) bond motifs is 1. The van der Waals surface area contributed by atoms with Crippen LogP contribution in [0.3, 0.4) is 0 Å². The molecule has 1 fully saturated rings. The van der Waals surface area contributed by atoms with Crippen LogP contribution in [0, 0.1) is 11.8 Å². The van der Waals surface area contributed by atoms with Gasteiger partial charge in [0.15, 0.2) is 11.5 Å². The van der Waals surface area contributed by atoms with Gasteiger partial charge in [0.1, 0.15) is 0 Å². The fourth-order valence-electron chi connectivity index (χ4n) is 4.78. The minimum atomic E-state index is -0.438. The third kappa shape index (κ3) is 6.06. The molecule has 4 rings (SSSR count). The van der Waals surface area contributed by atoms with Crippen molar-refractivity contribution in [3.8, 4) is 11.5 Å². The largest absolute Gasteiger partial charge is 0.490 e. The lowest BCUT2D eigenvalue weighted by molar-refractivity contribution is -0.123. The Bertz CT molecular complexity index is 910. The normalized spacial score (nSPS) is 19.0. The van der Waals surface area contributed by atoms with Crippen molar-refractivity contribution in [1.82, 2.24) is 10.2 Å². The summed E-state index contributed by atoms with van der Waals surface area (Å²) >= 11 is 0. The van der Waals surface area contributed by atoms with E-state index < -0.39 is 6.10 Å². The summed E-state index contributed by atoms with van der Waals surface area (Å²) in [5.74, 6) is 2.03. The van der Waals surface area contributed by atoms with Gasteiger partial charge in [-0.1, -0.05) is 50.2 Å². The molecule has 0 bridgehead atoms. The summed E-state index contributed by atoms with van der Waals surface area (Å²) in [6.07, 6.45) is 2.21. The average molecular weight is 453 g/mol. The van der Waals surface area contributed by atoms with Crippen molar-refractivity contribution in [3.05, 3.63) is 59.7 Å². The zero-order valence-electron chi connectivity index (χ0n) is 19.7. The van der Waals surface area contributed by atoms with E-state index >= 15 is 0 Å². The van der Waals surface area contributed by atoms with E-state index in [9.17, 15) is 9.90 Å². The molecule has 0 spiro atoms. The van der Waals surface area contributed by atoms with Crippen LogP contribution < -0.4 is 14.8 Å². The van der Waals surface area contributed by atoms with E-state index in [1.54, 1.807) is 0 Å². The number of benzene rings is 2. The van der Waals surface area contributed by atoms with Crippen molar-refractivity contribution in [3.63, 3.8) is 0 Å². The Balaban J connectivity index is 1.31. The lowest BCUT2D eigenvalue weighted by Crippen LogP contribution is -2.43. The molecule has 0 radical (unpaired) electrons. The zero-order chi connectivity index (χ0) is 23.2. The molecular weight excluding hydrogens is 416 g/mol. The second-order valence-corrected chi connectivity index (χ2v) is 9.51. The summed E-state index contributed by atoms with van der Waals surface area (Å²) in [6, 6.07) is 15.7. The maximum absolute atomic E-state index is 12.9. The number of rotatable bonds is 7. The second kappa shape index (κ2) is 11.0. The van der Waals surface area contributed by atoms with Crippen molar-refractivity contribution >= 4 is 5.91 Å². The highest BCUT2D eigenvalue weighted by molar-refractivity contribution is 5.78. The van der Waals surface area contributed by atoms with Crippen molar-refractivity contribution in [2.45, 2.75) is 45.3 Å². The number of nitrogens with one attached hydrogen (secondary N) is 1. The number of carbonyl (C=O) groups excluding carboxylic acids is 1. The van der Waals surface area contributed by atoms with Gasteiger partial charge >= 0.3 is 0 Å². The van der Waals surface area contributed by atoms with Crippen molar-refractivity contribution < 1.29 is 19.4 Å². The fraction of sp³-hybridized carbons (Fsp3) is 0.519. The summed E-state index contributed by atoms with van der Waals surface area (Å²) in [7, 11) is 0. The monoisotopic (exact) mass is 452 g/mol. The Morgan fingerprint density at radius 1 is 1.03 bits per heavy atom. The maximum Gasteiger partial charge on any atom is 0.234 e. The van der Waals surface area contributed by atoms with Crippen molar-refractivity contribution in [2.24, 2.45) is 11.8 Å². The van der Waals surface area contributed by atoms with E-state index in [4.69, 9.17) is 9.47 Å². The van der Waals surface area contributed by atoms with Crippen LogP contribution in [0.5, 0.6) is 11.5 Å². The molecular formula is C27H36N2O4. The second-order valence-electron chi connectivity index (χ2n) is 9.51. The Kier molecular flexibility index (Phi) is 7.89. The highest BCUT2D eigenvalue weighted by Crippen LogP contribution is 2.34. The first-order valence-corrected chi connectivity index (χ1v) is 12.2. The minimum Gasteiger partial charge on any atom is -0.490 e. The van der Waals surface area contributed by atoms with Crippen molar-refractivity contribution in [1.29, 1.82) is 0 Å². The van der Waals surface area contributed by atoms with Gasteiger partial charge in [0.25, 0.3) is 0 Å². The molecule has 2 atom stereocenters. The van der Waals surface area contributed by atoms with Crippen LogP contribution >= 0.6 is 0 Å². The number of carbonyl (C=O) groups is 1. The molecule has 178 valence electrons. The molecule has 2 aliphatic rings. The molecule has 2 heterocycles. The molecule has 6 nitrogen and oxygen atoms in total. The number of hydrogen-bond donors (Lipinski definition) is 2. The van der Waals surface area contributed by atoms with Gasteiger partial charge in [-0.15, -0.1) is 0 Å². The number of amides is 1. The van der Waals surface area contributed by atoms with Gasteiger partial charge in [-0.2, -0.15) is 0 Å². The first-order chi connectivity index (χ1) is 16.0. The fourth-order valence-corrected chi connectivity index (χ4v) is 4.78. The van der Waals surface area contributed by atoms with Crippen molar-refractivity contribution in [2.75, 3.05) is 32.8 Å². The van der Waals surface area contributed by atoms with E-state index in [0.29, 0.717) is 19.8 Å². The Labute approximate surface area is 196 Å². The van der Waals surface area contributed by atoms with Gasteiger partial charge in [-0.25, -0.2) is 0 Å². The Hall–Kier alpha value is -2.57. The molecule has 2 aromatic rings. The van der Waals surface area contributed by atoms with E-state index in [1.807, 2.05) is 48.5 Å². The molecule has 6 heteroatoms. The van der Waals surface area contributed by atoms with Gasteiger partial charge in [0.05, 0.1) is 31.9 Å². The third-order valence-corrected chi connectivity index (χ3v) is 6.70. The van der Waals surface area contributed by atoms with Gasteiger partial charge in [0.2, 0.25) is 5.91 Å². The van der Waals surface area contributed by atoms with Gasteiger partial charge < -0.3 is 19.9 Å². The lowest BCUT2D eigenvalue weighted by atomic mass is 9.87. The lowest BCUT2D eigenvalue weighted by Gasteiger charge is -2.34. The molecule has 2 aliphatic heterocycles. The van der Waals surface area contributed by atoms with Crippen LogP contribution in [-0.4, -0.2) is 48.8 Å². The van der Waals surface area contributed by atoms with E-state index in [-0.39, 0.29) is 23.8 Å². The number of ether oxygens (including phenoxy) is 2. The molecule has 2 N–H and O–H groups in total. The SMILES string of the molecule is CC(C)C(NC(=O)CN1CCC(C(O)c2ccccc2)CC1)c1ccc2c(c1)OCCCO2. The van der Waals surface area contributed by atoms with E-state index in [2.05, 4.69) is 24.1 Å². The standard InChI is InChI=1S/C27H36N2O4/c1-19(2)26(22-9-10-23-24(17-22)33-16-6-15-32-23)28-25(30)18-29-13-11-21(12-14-29)27(31)20-7-4-3-5-8-20/h3-5,7-10,17,19,21,26-27,31H,6,11-16,18H2,1-2H3,(H,28,30). The maximum atomic E-state index is 12.9. The highest BCUT2D eigenvalue weighted by Gasteiger charge is 2.28. The van der Waals surface area contributed by atoms with E-state index in [0.717, 1.165) is 55.0 Å². The van der Waals surface area contributed by atoms with Crippen LogP contribution in [0.4, 0.5) is 0 Å². The topological polar surface area (TPSA) is 71.0 Å². The van der Waals surface area contributed by atoms with Crippen LogP contribution in [0.15, 0.2) is 48.5 Å².